The summed E-state index contributed by atoms with van der Waals surface area (Å²) in [6.07, 6.45) is -1.14. The first kappa shape index (κ1) is 28.2. The minimum Gasteiger partial charge on any atom is -0.497 e. The molecule has 3 heterocycles. The Bertz CT molecular complexity index is 1540. The third-order valence-electron chi connectivity index (χ3n) is 7.41. The Morgan fingerprint density at radius 1 is 1.10 bits per heavy atom. The number of urea groups is 1. The summed E-state index contributed by atoms with van der Waals surface area (Å²) in [5.74, 6) is 1.05. The fourth-order valence-electron chi connectivity index (χ4n) is 5.18. The molecule has 0 spiro atoms. The highest BCUT2D eigenvalue weighted by molar-refractivity contribution is 5.91. The summed E-state index contributed by atoms with van der Waals surface area (Å²) in [6.45, 7) is 3.06. The van der Waals surface area contributed by atoms with Gasteiger partial charge < -0.3 is 19.9 Å². The minimum atomic E-state index is -4.22. The maximum atomic E-state index is 12.8. The molecule has 0 aliphatic carbocycles. The van der Waals surface area contributed by atoms with Crippen molar-refractivity contribution >= 4 is 28.4 Å². The first-order valence-corrected chi connectivity index (χ1v) is 13.4. The molecule has 7 nitrogen and oxygen atoms in total. The molecule has 2 aromatic heterocycles. The molecule has 41 heavy (non-hydrogen) atoms. The highest BCUT2D eigenvalue weighted by Crippen LogP contribution is 2.32. The number of hydrogen-bond acceptors (Lipinski definition) is 5. The fraction of sp³-hybridized carbons (Fsp3) is 0.323. The third kappa shape index (κ3) is 6.87. The molecule has 2 amide bonds. The fourth-order valence-corrected chi connectivity index (χ4v) is 5.18. The van der Waals surface area contributed by atoms with Crippen molar-refractivity contribution in [3.63, 3.8) is 0 Å². The van der Waals surface area contributed by atoms with Gasteiger partial charge in [0.05, 0.1) is 12.6 Å². The van der Waals surface area contributed by atoms with E-state index in [1.54, 1.807) is 25.6 Å². The quantitative estimate of drug-likeness (QED) is 0.261. The summed E-state index contributed by atoms with van der Waals surface area (Å²) in [6, 6.07) is 17.0. The van der Waals surface area contributed by atoms with E-state index in [1.807, 2.05) is 62.5 Å². The number of nitrogens with one attached hydrogen (secondary N) is 1. The maximum Gasteiger partial charge on any atom is 0.389 e. The number of methoxy groups -OCH3 is 1. The number of hydrogen-bond donors (Lipinski definition) is 1. The molecule has 0 saturated carbocycles. The van der Waals surface area contributed by atoms with Gasteiger partial charge in [-0.3, -0.25) is 4.98 Å². The van der Waals surface area contributed by atoms with Gasteiger partial charge in [0.25, 0.3) is 0 Å². The van der Waals surface area contributed by atoms with E-state index in [2.05, 4.69) is 15.2 Å². The number of aromatic nitrogens is 2. The van der Waals surface area contributed by atoms with Crippen molar-refractivity contribution in [1.82, 2.24) is 14.9 Å². The van der Waals surface area contributed by atoms with E-state index < -0.39 is 24.5 Å². The number of rotatable bonds is 7. The second-order valence-corrected chi connectivity index (χ2v) is 10.5. The number of fused-ring (bicyclic) bond motifs is 1. The van der Waals surface area contributed by atoms with Crippen molar-refractivity contribution in [2.75, 3.05) is 37.5 Å². The Hall–Kier alpha value is -4.34. The molecule has 1 atom stereocenters. The van der Waals surface area contributed by atoms with Crippen LogP contribution in [-0.4, -0.2) is 54.3 Å². The van der Waals surface area contributed by atoms with Crippen LogP contribution in [0.1, 0.15) is 24.0 Å². The number of ether oxygens (including phenoxy) is 1. The van der Waals surface area contributed by atoms with Gasteiger partial charge in [0, 0.05) is 68.2 Å². The number of amides is 2. The minimum absolute atomic E-state index is 0.100. The average Bonchev–Trinajstić information content (AvgIpc) is 3.41. The first-order chi connectivity index (χ1) is 19.6. The van der Waals surface area contributed by atoms with Crippen LogP contribution in [0, 0.1) is 12.8 Å². The molecule has 10 heteroatoms. The Morgan fingerprint density at radius 2 is 1.88 bits per heavy atom. The van der Waals surface area contributed by atoms with Gasteiger partial charge >= 0.3 is 12.2 Å². The van der Waals surface area contributed by atoms with Crippen molar-refractivity contribution in [3.8, 4) is 16.9 Å². The molecule has 0 radical (unpaired) electrons. The molecule has 1 N–H and O–H groups in total. The lowest BCUT2D eigenvalue weighted by molar-refractivity contribution is -0.143. The van der Waals surface area contributed by atoms with E-state index in [0.29, 0.717) is 25.2 Å². The average molecular weight is 564 g/mol. The highest BCUT2D eigenvalue weighted by atomic mass is 19.4. The summed E-state index contributed by atoms with van der Waals surface area (Å²) >= 11 is 0. The van der Waals surface area contributed by atoms with Gasteiger partial charge in [0.2, 0.25) is 0 Å². The van der Waals surface area contributed by atoms with Crippen LogP contribution in [0.3, 0.4) is 0 Å². The summed E-state index contributed by atoms with van der Waals surface area (Å²) in [4.78, 5) is 25.6. The van der Waals surface area contributed by atoms with Crippen LogP contribution in [0.5, 0.6) is 5.75 Å². The van der Waals surface area contributed by atoms with Crippen molar-refractivity contribution in [2.24, 2.45) is 5.92 Å². The molecule has 1 unspecified atom stereocenters. The van der Waals surface area contributed by atoms with Crippen LogP contribution in [0.15, 0.2) is 67.0 Å². The number of pyridine rings is 2. The lowest BCUT2D eigenvalue weighted by atomic mass is 10.0. The molecule has 4 aromatic rings. The van der Waals surface area contributed by atoms with Gasteiger partial charge in [-0.25, -0.2) is 9.78 Å². The monoisotopic (exact) mass is 563 g/mol. The Labute approximate surface area is 237 Å². The highest BCUT2D eigenvalue weighted by Gasteiger charge is 2.36. The summed E-state index contributed by atoms with van der Waals surface area (Å²) < 4.78 is 43.5. The summed E-state index contributed by atoms with van der Waals surface area (Å²) in [5, 5.41) is 3.73. The van der Waals surface area contributed by atoms with Crippen LogP contribution in [-0.2, 0) is 6.54 Å². The van der Waals surface area contributed by atoms with Crippen LogP contribution in [0.2, 0.25) is 0 Å². The molecule has 1 aliphatic rings. The van der Waals surface area contributed by atoms with Crippen LogP contribution < -0.4 is 15.0 Å². The molecule has 1 fully saturated rings. The van der Waals surface area contributed by atoms with E-state index in [1.165, 1.54) is 4.90 Å². The number of nitrogens with zero attached hydrogens (tertiary/aromatic N) is 4. The second-order valence-electron chi connectivity index (χ2n) is 10.5. The predicted octanol–water partition coefficient (Wildman–Crippen LogP) is 7.06. The molecule has 2 aromatic carbocycles. The number of likely N-dealkylation sites (tertiary alicyclic amines) is 1. The number of aryl methyl sites for hydroxylation is 1. The lowest BCUT2D eigenvalue weighted by Gasteiger charge is -2.19. The van der Waals surface area contributed by atoms with E-state index in [4.69, 9.17) is 9.72 Å². The second kappa shape index (κ2) is 11.6. The van der Waals surface area contributed by atoms with Gasteiger partial charge in [-0.1, -0.05) is 18.2 Å². The predicted molar refractivity (Wildman–Crippen MR) is 154 cm³/mol. The third-order valence-corrected chi connectivity index (χ3v) is 7.41. The number of halogens is 3. The Morgan fingerprint density at radius 3 is 2.61 bits per heavy atom. The molecule has 0 bridgehead atoms. The molecular formula is C31H32F3N5O2. The van der Waals surface area contributed by atoms with E-state index in [9.17, 15) is 18.0 Å². The van der Waals surface area contributed by atoms with Crippen LogP contribution in [0.4, 0.5) is 29.5 Å². The van der Waals surface area contributed by atoms with Crippen LogP contribution >= 0.6 is 0 Å². The van der Waals surface area contributed by atoms with Gasteiger partial charge in [0.1, 0.15) is 11.6 Å². The van der Waals surface area contributed by atoms with Crippen LogP contribution in [0.25, 0.3) is 22.0 Å². The number of carbonyl (C=O) groups excluding carboxylic acids is 1. The molecule has 214 valence electrons. The summed E-state index contributed by atoms with van der Waals surface area (Å²) in [7, 11) is 3.63. The lowest BCUT2D eigenvalue weighted by Crippen LogP contribution is -2.33. The molecule has 1 saturated heterocycles. The zero-order chi connectivity index (χ0) is 29.1. The topological polar surface area (TPSA) is 70.6 Å². The van der Waals surface area contributed by atoms with Crippen molar-refractivity contribution in [3.05, 3.63) is 78.1 Å². The molecule has 5 rings (SSSR count). The first-order valence-electron chi connectivity index (χ1n) is 13.4. The SMILES string of the molecule is COc1ccc(CN(C)c2cc3ncc(-c4cc(NC(=O)N5CCC(CC(F)(F)F)C5)ccc4C)cc3cn2)cc1. The molecule has 1 aliphatic heterocycles. The Kier molecular flexibility index (Phi) is 8.01. The zero-order valence-electron chi connectivity index (χ0n) is 23.2. The van der Waals surface area contributed by atoms with Crippen molar-refractivity contribution < 1.29 is 22.7 Å². The number of anilines is 2. The van der Waals surface area contributed by atoms with Gasteiger partial charge in [-0.2, -0.15) is 13.2 Å². The van der Waals surface area contributed by atoms with Crippen molar-refractivity contribution in [1.29, 1.82) is 0 Å². The molecular weight excluding hydrogens is 531 g/mol. The van der Waals surface area contributed by atoms with Gasteiger partial charge in [0.15, 0.2) is 0 Å². The Balaban J connectivity index is 1.28. The largest absolute Gasteiger partial charge is 0.497 e. The van der Waals surface area contributed by atoms with E-state index in [-0.39, 0.29) is 6.54 Å². The van der Waals surface area contributed by atoms with E-state index in [0.717, 1.165) is 44.7 Å². The smallest absolute Gasteiger partial charge is 0.389 e. The standard InChI is InChI=1S/C31H32F3N5O2/c1-20-4-7-25(37-30(40)39-11-10-22(19-39)15-31(32,33)34)13-27(20)23-12-24-17-36-29(14-28(24)35-16-23)38(2)18-21-5-8-26(41-3)9-6-21/h4-9,12-14,16-17,22H,10-11,15,18-19H2,1-3H3,(H,37,40). The van der Waals surface area contributed by atoms with E-state index >= 15 is 0 Å². The normalized spacial score (nSPS) is 15.3. The number of carbonyl (C=O) groups is 1. The summed E-state index contributed by atoms with van der Waals surface area (Å²) in [5.41, 5.74) is 5.28. The maximum absolute atomic E-state index is 12.8. The van der Waals surface area contributed by atoms with Crippen molar-refractivity contribution in [2.45, 2.75) is 32.5 Å². The number of benzene rings is 2. The zero-order valence-corrected chi connectivity index (χ0v) is 23.2. The number of alkyl halides is 3. The van der Waals surface area contributed by atoms with Gasteiger partial charge in [-0.15, -0.1) is 0 Å². The van der Waals surface area contributed by atoms with Gasteiger partial charge in [-0.05, 0) is 66.3 Å².